The molecule has 0 spiro atoms. The van der Waals surface area contributed by atoms with Crippen LogP contribution >= 0.6 is 0 Å². The van der Waals surface area contributed by atoms with Crippen molar-refractivity contribution in [2.75, 3.05) is 6.54 Å². The van der Waals surface area contributed by atoms with Gasteiger partial charge in [0.15, 0.2) is 0 Å². The summed E-state index contributed by atoms with van der Waals surface area (Å²) in [5.41, 5.74) is 5.69. The fourth-order valence-corrected chi connectivity index (χ4v) is 2.30. The SMILES string of the molecule is CCC1CCC(C)[C@@H]1CN. The molecule has 1 nitrogen and oxygen atoms in total. The summed E-state index contributed by atoms with van der Waals surface area (Å²) in [6.45, 7) is 5.53. The van der Waals surface area contributed by atoms with E-state index in [-0.39, 0.29) is 0 Å². The first-order valence-corrected chi connectivity index (χ1v) is 4.49. The van der Waals surface area contributed by atoms with Gasteiger partial charge in [-0.3, -0.25) is 0 Å². The van der Waals surface area contributed by atoms with Crippen LogP contribution in [-0.4, -0.2) is 6.54 Å². The monoisotopic (exact) mass is 141 g/mol. The Balaban J connectivity index is 2.45. The molecule has 0 bridgehead atoms. The third kappa shape index (κ3) is 1.34. The van der Waals surface area contributed by atoms with Gasteiger partial charge in [0.1, 0.15) is 0 Å². The Morgan fingerprint density at radius 1 is 1.40 bits per heavy atom. The van der Waals surface area contributed by atoms with E-state index in [2.05, 4.69) is 13.8 Å². The number of hydrogen-bond donors (Lipinski definition) is 1. The van der Waals surface area contributed by atoms with Gasteiger partial charge in [-0.2, -0.15) is 0 Å². The van der Waals surface area contributed by atoms with Crippen LogP contribution in [0, 0.1) is 17.8 Å². The van der Waals surface area contributed by atoms with E-state index in [1.165, 1.54) is 19.3 Å². The van der Waals surface area contributed by atoms with Crippen molar-refractivity contribution in [3.63, 3.8) is 0 Å². The summed E-state index contributed by atoms with van der Waals surface area (Å²) in [6.07, 6.45) is 4.14. The van der Waals surface area contributed by atoms with E-state index in [9.17, 15) is 0 Å². The lowest BCUT2D eigenvalue weighted by Gasteiger charge is -2.19. The molecule has 0 aromatic heterocycles. The van der Waals surface area contributed by atoms with Crippen LogP contribution in [0.5, 0.6) is 0 Å². The maximum Gasteiger partial charge on any atom is -0.00437 e. The summed E-state index contributed by atoms with van der Waals surface area (Å²) in [6, 6.07) is 0. The summed E-state index contributed by atoms with van der Waals surface area (Å²) in [5.74, 6) is 2.64. The molecule has 10 heavy (non-hydrogen) atoms. The van der Waals surface area contributed by atoms with Crippen molar-refractivity contribution in [2.45, 2.75) is 33.1 Å². The lowest BCUT2D eigenvalue weighted by atomic mass is 9.89. The van der Waals surface area contributed by atoms with Crippen LogP contribution in [0.4, 0.5) is 0 Å². The second-order valence-corrected chi connectivity index (χ2v) is 3.62. The van der Waals surface area contributed by atoms with Crippen LogP contribution in [0.2, 0.25) is 0 Å². The molecule has 0 saturated heterocycles. The first-order valence-electron chi connectivity index (χ1n) is 4.49. The summed E-state index contributed by atoms with van der Waals surface area (Å²) in [5, 5.41) is 0. The Morgan fingerprint density at radius 2 is 2.10 bits per heavy atom. The van der Waals surface area contributed by atoms with Crippen LogP contribution < -0.4 is 5.73 Å². The first kappa shape index (κ1) is 8.06. The van der Waals surface area contributed by atoms with Crippen LogP contribution in [0.15, 0.2) is 0 Å². The molecule has 0 aromatic rings. The fourth-order valence-electron chi connectivity index (χ4n) is 2.30. The highest BCUT2D eigenvalue weighted by Gasteiger charge is 2.30. The largest absolute Gasteiger partial charge is 0.330 e. The van der Waals surface area contributed by atoms with E-state index < -0.39 is 0 Å². The average molecular weight is 141 g/mol. The van der Waals surface area contributed by atoms with Crippen molar-refractivity contribution < 1.29 is 0 Å². The molecule has 2 N–H and O–H groups in total. The molecule has 1 rings (SSSR count). The maximum absolute atomic E-state index is 5.69. The van der Waals surface area contributed by atoms with Gasteiger partial charge in [-0.05, 0) is 30.7 Å². The van der Waals surface area contributed by atoms with Crippen molar-refractivity contribution in [3.8, 4) is 0 Å². The molecular weight excluding hydrogens is 122 g/mol. The quantitative estimate of drug-likeness (QED) is 0.625. The molecule has 1 aliphatic rings. The molecule has 1 fully saturated rings. The Kier molecular flexibility index (Phi) is 2.72. The van der Waals surface area contributed by atoms with Crippen LogP contribution in [0.1, 0.15) is 33.1 Å². The van der Waals surface area contributed by atoms with Crippen LogP contribution in [0.25, 0.3) is 0 Å². The van der Waals surface area contributed by atoms with Crippen LogP contribution in [-0.2, 0) is 0 Å². The molecule has 0 radical (unpaired) electrons. The summed E-state index contributed by atoms with van der Waals surface area (Å²) < 4.78 is 0. The van der Waals surface area contributed by atoms with Gasteiger partial charge in [0.05, 0.1) is 0 Å². The smallest absolute Gasteiger partial charge is 0.00437 e. The van der Waals surface area contributed by atoms with E-state index >= 15 is 0 Å². The summed E-state index contributed by atoms with van der Waals surface area (Å²) in [7, 11) is 0. The Labute approximate surface area is 64.0 Å². The maximum atomic E-state index is 5.69. The molecule has 0 heterocycles. The number of nitrogens with two attached hydrogens (primary N) is 1. The first-order chi connectivity index (χ1) is 4.79. The minimum atomic E-state index is 0.824. The van der Waals surface area contributed by atoms with Crippen molar-refractivity contribution in [2.24, 2.45) is 23.5 Å². The summed E-state index contributed by atoms with van der Waals surface area (Å²) in [4.78, 5) is 0. The van der Waals surface area contributed by atoms with E-state index in [1.807, 2.05) is 0 Å². The average Bonchev–Trinajstić information content (AvgIpc) is 2.30. The highest BCUT2D eigenvalue weighted by Crippen LogP contribution is 2.37. The Morgan fingerprint density at radius 3 is 2.50 bits per heavy atom. The predicted molar refractivity (Wildman–Crippen MR) is 44.7 cm³/mol. The molecular formula is C9H19N. The van der Waals surface area contributed by atoms with Gasteiger partial charge in [-0.25, -0.2) is 0 Å². The highest BCUT2D eigenvalue weighted by molar-refractivity contribution is 4.81. The van der Waals surface area contributed by atoms with Crippen molar-refractivity contribution >= 4 is 0 Å². The van der Waals surface area contributed by atoms with Gasteiger partial charge in [-0.1, -0.05) is 26.7 Å². The van der Waals surface area contributed by atoms with Crippen molar-refractivity contribution in [3.05, 3.63) is 0 Å². The zero-order chi connectivity index (χ0) is 7.56. The number of hydrogen-bond acceptors (Lipinski definition) is 1. The van der Waals surface area contributed by atoms with E-state index in [0.29, 0.717) is 0 Å². The minimum Gasteiger partial charge on any atom is -0.330 e. The Bertz CT molecular complexity index is 101. The third-order valence-electron chi connectivity index (χ3n) is 3.13. The van der Waals surface area contributed by atoms with Crippen molar-refractivity contribution in [1.29, 1.82) is 0 Å². The molecule has 2 unspecified atom stereocenters. The zero-order valence-electron chi connectivity index (χ0n) is 7.14. The molecule has 0 amide bonds. The molecule has 3 atom stereocenters. The van der Waals surface area contributed by atoms with E-state index in [1.54, 1.807) is 0 Å². The van der Waals surface area contributed by atoms with Gasteiger partial charge in [-0.15, -0.1) is 0 Å². The van der Waals surface area contributed by atoms with E-state index in [0.717, 1.165) is 24.3 Å². The number of rotatable bonds is 2. The fraction of sp³-hybridized carbons (Fsp3) is 1.00. The molecule has 0 aliphatic heterocycles. The topological polar surface area (TPSA) is 26.0 Å². The lowest BCUT2D eigenvalue weighted by molar-refractivity contribution is 0.329. The molecule has 1 saturated carbocycles. The normalized spacial score (nSPS) is 40.5. The Hall–Kier alpha value is -0.0400. The lowest BCUT2D eigenvalue weighted by Crippen LogP contribution is -2.22. The van der Waals surface area contributed by atoms with Gasteiger partial charge in [0.2, 0.25) is 0 Å². The third-order valence-corrected chi connectivity index (χ3v) is 3.13. The predicted octanol–water partition coefficient (Wildman–Crippen LogP) is 2.02. The van der Waals surface area contributed by atoms with Gasteiger partial charge in [0.25, 0.3) is 0 Å². The molecule has 60 valence electrons. The molecule has 1 heteroatoms. The van der Waals surface area contributed by atoms with Gasteiger partial charge < -0.3 is 5.73 Å². The standard InChI is InChI=1S/C9H19N/c1-3-8-5-4-7(2)9(8)6-10/h7-9H,3-6,10H2,1-2H3/t7?,8?,9-/m0/s1. The van der Waals surface area contributed by atoms with Crippen LogP contribution in [0.3, 0.4) is 0 Å². The minimum absolute atomic E-state index is 0.824. The van der Waals surface area contributed by atoms with Crippen molar-refractivity contribution in [1.82, 2.24) is 0 Å². The second kappa shape index (κ2) is 3.38. The van der Waals surface area contributed by atoms with Gasteiger partial charge >= 0.3 is 0 Å². The van der Waals surface area contributed by atoms with Gasteiger partial charge in [0, 0.05) is 0 Å². The zero-order valence-corrected chi connectivity index (χ0v) is 7.14. The molecule has 0 aromatic carbocycles. The molecule has 1 aliphatic carbocycles. The second-order valence-electron chi connectivity index (χ2n) is 3.62. The summed E-state index contributed by atoms with van der Waals surface area (Å²) >= 11 is 0. The van der Waals surface area contributed by atoms with E-state index in [4.69, 9.17) is 5.73 Å². The highest BCUT2D eigenvalue weighted by atomic mass is 14.6.